The molecule has 0 saturated carbocycles. The van der Waals surface area contributed by atoms with E-state index in [4.69, 9.17) is 0 Å². The van der Waals surface area contributed by atoms with Gasteiger partial charge in [-0.25, -0.2) is 0 Å². The summed E-state index contributed by atoms with van der Waals surface area (Å²) in [7, 11) is 6.54. The molecule has 0 aromatic rings. The molecule has 0 heterocycles. The molecule has 0 rings (SSSR count). The lowest BCUT2D eigenvalue weighted by Gasteiger charge is -2.33. The summed E-state index contributed by atoms with van der Waals surface area (Å²) in [6.45, 7) is 3.43. The minimum absolute atomic E-state index is 0.608. The molecule has 0 spiro atoms. The molecule has 0 aromatic carbocycles. The summed E-state index contributed by atoms with van der Waals surface area (Å²) in [6.07, 6.45) is 5.29. The van der Waals surface area contributed by atoms with E-state index in [1.807, 2.05) is 11.8 Å². The van der Waals surface area contributed by atoms with Gasteiger partial charge >= 0.3 is 0 Å². The summed E-state index contributed by atoms with van der Waals surface area (Å²) in [5, 5.41) is 0. The van der Waals surface area contributed by atoms with Gasteiger partial charge in [0.25, 0.3) is 0 Å². The fourth-order valence-electron chi connectivity index (χ4n) is 1.52. The minimum atomic E-state index is 0.608. The van der Waals surface area contributed by atoms with E-state index in [2.05, 4.69) is 44.1 Å². The largest absolute Gasteiger partial charge is 0.294 e. The fourth-order valence-corrected chi connectivity index (χ4v) is 1.99. The van der Waals surface area contributed by atoms with Gasteiger partial charge in [-0.3, -0.25) is 9.80 Å². The van der Waals surface area contributed by atoms with E-state index < -0.39 is 0 Å². The highest BCUT2D eigenvalue weighted by Crippen LogP contribution is 2.08. The van der Waals surface area contributed by atoms with Crippen molar-refractivity contribution in [3.63, 3.8) is 0 Å². The molecule has 0 amide bonds. The van der Waals surface area contributed by atoms with Crippen molar-refractivity contribution in [1.82, 2.24) is 9.80 Å². The van der Waals surface area contributed by atoms with Crippen LogP contribution >= 0.6 is 11.8 Å². The topological polar surface area (TPSA) is 6.48 Å². The van der Waals surface area contributed by atoms with Gasteiger partial charge in [-0.15, -0.1) is 0 Å². The maximum absolute atomic E-state index is 2.44. The molecule has 0 fully saturated rings. The summed E-state index contributed by atoms with van der Waals surface area (Å²) >= 11 is 1.92. The number of hydrogen-bond donors (Lipinski definition) is 0. The van der Waals surface area contributed by atoms with Crippen molar-refractivity contribution in [2.24, 2.45) is 0 Å². The van der Waals surface area contributed by atoms with Crippen molar-refractivity contribution >= 4 is 11.8 Å². The van der Waals surface area contributed by atoms with E-state index in [1.165, 1.54) is 25.1 Å². The van der Waals surface area contributed by atoms with Crippen LogP contribution in [-0.4, -0.2) is 55.7 Å². The zero-order valence-corrected chi connectivity index (χ0v) is 10.5. The van der Waals surface area contributed by atoms with Crippen molar-refractivity contribution in [2.45, 2.75) is 25.9 Å². The number of nitrogens with zero attached hydrogens (tertiary/aromatic N) is 2. The second kappa shape index (κ2) is 7.65. The summed E-state index contributed by atoms with van der Waals surface area (Å²) in [5.74, 6) is 1.23. The van der Waals surface area contributed by atoms with Crippen LogP contribution in [0.3, 0.4) is 0 Å². The molecule has 1 unspecified atom stereocenters. The summed E-state index contributed by atoms with van der Waals surface area (Å²) in [4.78, 5) is 4.75. The van der Waals surface area contributed by atoms with Crippen molar-refractivity contribution in [2.75, 3.05) is 39.7 Å². The summed E-state index contributed by atoms with van der Waals surface area (Å²) < 4.78 is 0. The van der Waals surface area contributed by atoms with E-state index in [-0.39, 0.29) is 0 Å². The molecule has 0 saturated heterocycles. The van der Waals surface area contributed by atoms with Gasteiger partial charge in [-0.05, 0) is 33.8 Å². The Morgan fingerprint density at radius 3 is 2.23 bits per heavy atom. The normalized spacial score (nSPS) is 14.1. The Bertz CT molecular complexity index is 117. The summed E-state index contributed by atoms with van der Waals surface area (Å²) in [5.41, 5.74) is 0. The zero-order valence-electron chi connectivity index (χ0n) is 9.71. The second-order valence-electron chi connectivity index (χ2n) is 3.71. The Kier molecular flexibility index (Phi) is 7.81. The molecule has 0 radical (unpaired) electrons. The average Bonchev–Trinajstić information content (AvgIpc) is 2.09. The standard InChI is InChI=1S/C10H24N2S/c1-6-7-10(11(2)3)12(4)8-9-13-5/h10H,6-9H2,1-5H3. The van der Waals surface area contributed by atoms with Crippen LogP contribution in [0.15, 0.2) is 0 Å². The predicted molar refractivity (Wildman–Crippen MR) is 63.4 cm³/mol. The smallest absolute Gasteiger partial charge is 0.0615 e. The molecule has 0 N–H and O–H groups in total. The van der Waals surface area contributed by atoms with E-state index >= 15 is 0 Å². The van der Waals surface area contributed by atoms with E-state index in [0.717, 1.165) is 0 Å². The van der Waals surface area contributed by atoms with Gasteiger partial charge in [0, 0.05) is 12.3 Å². The fraction of sp³-hybridized carbons (Fsp3) is 1.00. The monoisotopic (exact) mass is 204 g/mol. The lowest BCUT2D eigenvalue weighted by atomic mass is 10.2. The molecule has 1 atom stereocenters. The quantitative estimate of drug-likeness (QED) is 0.586. The van der Waals surface area contributed by atoms with Gasteiger partial charge in [0.2, 0.25) is 0 Å². The molecule has 0 bridgehead atoms. The maximum atomic E-state index is 2.44. The first-order valence-electron chi connectivity index (χ1n) is 4.99. The van der Waals surface area contributed by atoms with Gasteiger partial charge in [0.1, 0.15) is 0 Å². The molecule has 13 heavy (non-hydrogen) atoms. The first-order chi connectivity index (χ1) is 6.13. The van der Waals surface area contributed by atoms with Crippen molar-refractivity contribution < 1.29 is 0 Å². The lowest BCUT2D eigenvalue weighted by Crippen LogP contribution is -2.43. The molecule has 0 aliphatic carbocycles. The maximum Gasteiger partial charge on any atom is 0.0615 e. The third-order valence-corrected chi connectivity index (χ3v) is 2.89. The number of rotatable bonds is 7. The first kappa shape index (κ1) is 13.3. The molecule has 0 aliphatic heterocycles. The van der Waals surface area contributed by atoms with Crippen molar-refractivity contribution in [3.05, 3.63) is 0 Å². The number of thioether (sulfide) groups is 1. The highest BCUT2D eigenvalue weighted by atomic mass is 32.2. The Labute approximate surface area is 87.7 Å². The average molecular weight is 204 g/mol. The van der Waals surface area contributed by atoms with E-state index in [1.54, 1.807) is 0 Å². The highest BCUT2D eigenvalue weighted by Gasteiger charge is 2.14. The Morgan fingerprint density at radius 1 is 1.23 bits per heavy atom. The van der Waals surface area contributed by atoms with Crippen LogP contribution in [0.4, 0.5) is 0 Å². The van der Waals surface area contributed by atoms with Gasteiger partial charge < -0.3 is 0 Å². The molecule has 80 valence electrons. The Balaban J connectivity index is 3.87. The van der Waals surface area contributed by atoms with Gasteiger partial charge in [0.15, 0.2) is 0 Å². The SMILES string of the molecule is CCCC(N(C)C)N(C)CCSC. The van der Waals surface area contributed by atoms with E-state index in [9.17, 15) is 0 Å². The summed E-state index contributed by atoms with van der Waals surface area (Å²) in [6, 6.07) is 0. The van der Waals surface area contributed by atoms with Gasteiger partial charge in [-0.2, -0.15) is 11.8 Å². The van der Waals surface area contributed by atoms with E-state index in [0.29, 0.717) is 6.17 Å². The van der Waals surface area contributed by atoms with Crippen LogP contribution in [0.25, 0.3) is 0 Å². The van der Waals surface area contributed by atoms with Gasteiger partial charge in [-0.1, -0.05) is 13.3 Å². The molecular formula is C10H24N2S. The Hall–Kier alpha value is 0.270. The molecule has 0 aromatic heterocycles. The van der Waals surface area contributed by atoms with Crippen LogP contribution in [0.1, 0.15) is 19.8 Å². The van der Waals surface area contributed by atoms with Crippen LogP contribution < -0.4 is 0 Å². The van der Waals surface area contributed by atoms with Crippen LogP contribution in [-0.2, 0) is 0 Å². The Morgan fingerprint density at radius 2 is 1.85 bits per heavy atom. The van der Waals surface area contributed by atoms with Crippen molar-refractivity contribution in [1.29, 1.82) is 0 Å². The molecule has 0 aliphatic rings. The van der Waals surface area contributed by atoms with Gasteiger partial charge in [0.05, 0.1) is 6.17 Å². The first-order valence-corrected chi connectivity index (χ1v) is 6.38. The van der Waals surface area contributed by atoms with Crippen LogP contribution in [0.5, 0.6) is 0 Å². The third kappa shape index (κ3) is 5.55. The molecule has 3 heteroatoms. The minimum Gasteiger partial charge on any atom is -0.294 e. The molecule has 2 nitrogen and oxygen atoms in total. The zero-order chi connectivity index (χ0) is 10.3. The second-order valence-corrected chi connectivity index (χ2v) is 4.69. The highest BCUT2D eigenvalue weighted by molar-refractivity contribution is 7.98. The van der Waals surface area contributed by atoms with Crippen LogP contribution in [0.2, 0.25) is 0 Å². The predicted octanol–water partition coefficient (Wildman–Crippen LogP) is 1.97. The third-order valence-electron chi connectivity index (χ3n) is 2.30. The number of hydrogen-bond acceptors (Lipinski definition) is 3. The molecular weight excluding hydrogens is 180 g/mol. The lowest BCUT2D eigenvalue weighted by molar-refractivity contribution is 0.101. The van der Waals surface area contributed by atoms with Crippen LogP contribution in [0, 0.1) is 0 Å². The van der Waals surface area contributed by atoms with Crippen molar-refractivity contribution in [3.8, 4) is 0 Å².